The molecule has 0 aliphatic heterocycles. The highest BCUT2D eigenvalue weighted by Gasteiger charge is 2.25. The molecule has 3 aromatic rings. The lowest BCUT2D eigenvalue weighted by Gasteiger charge is -2.14. The SMILES string of the molecule is COc1cc(CS(C)(=O)=O)ccc1-c1nn2nc(C(C)(C)C)c(Cl)c2[nH]1. The molecule has 9 heteroatoms. The molecule has 0 spiro atoms. The van der Waals surface area contributed by atoms with Crippen molar-refractivity contribution in [2.24, 2.45) is 0 Å². The summed E-state index contributed by atoms with van der Waals surface area (Å²) in [6.07, 6.45) is 1.20. The Kier molecular flexibility index (Phi) is 4.52. The monoisotopic (exact) mass is 396 g/mol. The van der Waals surface area contributed by atoms with Crippen LogP contribution in [-0.4, -0.2) is 41.6 Å². The molecular formula is C17H21ClN4O3S. The van der Waals surface area contributed by atoms with Gasteiger partial charge in [-0.05, 0) is 17.7 Å². The Balaban J connectivity index is 2.06. The molecule has 0 bridgehead atoms. The lowest BCUT2D eigenvalue weighted by molar-refractivity contribution is 0.415. The third kappa shape index (κ3) is 3.57. The lowest BCUT2D eigenvalue weighted by Crippen LogP contribution is -2.13. The van der Waals surface area contributed by atoms with Crippen molar-refractivity contribution in [1.82, 2.24) is 19.8 Å². The first-order valence-electron chi connectivity index (χ1n) is 7.99. The molecule has 1 N–H and O–H groups in total. The molecule has 140 valence electrons. The molecule has 1 aromatic carbocycles. The highest BCUT2D eigenvalue weighted by molar-refractivity contribution is 7.89. The molecule has 0 amide bonds. The van der Waals surface area contributed by atoms with E-state index in [1.165, 1.54) is 18.0 Å². The van der Waals surface area contributed by atoms with Gasteiger partial charge in [0.2, 0.25) is 0 Å². The smallest absolute Gasteiger partial charge is 0.175 e. The summed E-state index contributed by atoms with van der Waals surface area (Å²) in [5.41, 5.74) is 2.52. The number of sulfone groups is 1. The van der Waals surface area contributed by atoms with Gasteiger partial charge in [-0.1, -0.05) is 38.4 Å². The number of hydrogen-bond donors (Lipinski definition) is 1. The highest BCUT2D eigenvalue weighted by Crippen LogP contribution is 2.34. The fourth-order valence-corrected chi connectivity index (χ4v) is 3.95. The summed E-state index contributed by atoms with van der Waals surface area (Å²) in [5.74, 6) is 1.01. The second kappa shape index (κ2) is 6.28. The Labute approximate surface area is 157 Å². The molecule has 2 heterocycles. The van der Waals surface area contributed by atoms with E-state index in [0.29, 0.717) is 33.4 Å². The first-order valence-corrected chi connectivity index (χ1v) is 10.4. The van der Waals surface area contributed by atoms with Crippen molar-refractivity contribution in [2.75, 3.05) is 13.4 Å². The molecule has 0 aliphatic carbocycles. The van der Waals surface area contributed by atoms with E-state index in [-0.39, 0.29) is 11.2 Å². The summed E-state index contributed by atoms with van der Waals surface area (Å²) in [6, 6.07) is 5.21. The van der Waals surface area contributed by atoms with Crippen LogP contribution in [0.1, 0.15) is 32.0 Å². The van der Waals surface area contributed by atoms with Crippen molar-refractivity contribution in [3.05, 3.63) is 34.5 Å². The van der Waals surface area contributed by atoms with Crippen molar-refractivity contribution in [2.45, 2.75) is 31.9 Å². The molecule has 0 aliphatic rings. The van der Waals surface area contributed by atoms with Crippen LogP contribution < -0.4 is 4.74 Å². The molecule has 26 heavy (non-hydrogen) atoms. The van der Waals surface area contributed by atoms with Gasteiger partial charge in [-0.3, -0.25) is 0 Å². The largest absolute Gasteiger partial charge is 0.496 e. The van der Waals surface area contributed by atoms with Gasteiger partial charge >= 0.3 is 0 Å². The number of halogens is 1. The van der Waals surface area contributed by atoms with Gasteiger partial charge in [0.05, 0.1) is 24.1 Å². The quantitative estimate of drug-likeness (QED) is 0.731. The number of nitrogens with one attached hydrogen (secondary N) is 1. The minimum Gasteiger partial charge on any atom is -0.496 e. The zero-order valence-electron chi connectivity index (χ0n) is 15.3. The number of aromatic amines is 1. The predicted molar refractivity (Wildman–Crippen MR) is 102 cm³/mol. The van der Waals surface area contributed by atoms with Gasteiger partial charge in [-0.2, -0.15) is 5.10 Å². The fourth-order valence-electron chi connectivity index (χ4n) is 2.72. The molecule has 0 radical (unpaired) electrons. The molecule has 7 nitrogen and oxygen atoms in total. The van der Waals surface area contributed by atoms with Crippen molar-refractivity contribution in [3.8, 4) is 17.1 Å². The molecule has 0 unspecified atom stereocenters. The molecule has 2 aromatic heterocycles. The second-order valence-corrected chi connectivity index (χ2v) is 9.85. The van der Waals surface area contributed by atoms with E-state index in [2.05, 4.69) is 15.2 Å². The van der Waals surface area contributed by atoms with Crippen molar-refractivity contribution in [3.63, 3.8) is 0 Å². The number of ether oxygens (including phenoxy) is 1. The van der Waals surface area contributed by atoms with Gasteiger partial charge in [0, 0.05) is 11.7 Å². The number of H-pyrrole nitrogens is 1. The number of fused-ring (bicyclic) bond motifs is 1. The maximum absolute atomic E-state index is 11.5. The van der Waals surface area contributed by atoms with Crippen molar-refractivity contribution in [1.29, 1.82) is 0 Å². The van der Waals surface area contributed by atoms with Crippen LogP contribution in [0.5, 0.6) is 5.75 Å². The Morgan fingerprint density at radius 1 is 1.27 bits per heavy atom. The number of methoxy groups -OCH3 is 1. The Morgan fingerprint density at radius 2 is 1.96 bits per heavy atom. The number of nitrogens with zero attached hydrogens (tertiary/aromatic N) is 3. The number of hydrogen-bond acceptors (Lipinski definition) is 5. The maximum atomic E-state index is 11.5. The first-order chi connectivity index (χ1) is 12.0. The zero-order valence-corrected chi connectivity index (χ0v) is 16.9. The van der Waals surface area contributed by atoms with Gasteiger partial charge < -0.3 is 9.72 Å². The maximum Gasteiger partial charge on any atom is 0.175 e. The minimum atomic E-state index is -3.13. The lowest BCUT2D eigenvalue weighted by atomic mass is 9.92. The van der Waals surface area contributed by atoms with E-state index in [1.54, 1.807) is 18.2 Å². The Hall–Kier alpha value is -2.06. The average Bonchev–Trinajstić information content (AvgIpc) is 3.05. The Bertz CT molecular complexity index is 1080. The molecular weight excluding hydrogens is 376 g/mol. The normalized spacial score (nSPS) is 12.7. The van der Waals surface area contributed by atoms with E-state index in [4.69, 9.17) is 16.3 Å². The topological polar surface area (TPSA) is 89.3 Å². The minimum absolute atomic E-state index is 0.0497. The van der Waals surface area contributed by atoms with Gasteiger partial charge in [0.1, 0.15) is 10.8 Å². The van der Waals surface area contributed by atoms with E-state index < -0.39 is 9.84 Å². The van der Waals surface area contributed by atoms with Gasteiger partial charge in [0.15, 0.2) is 21.3 Å². The second-order valence-electron chi connectivity index (χ2n) is 7.33. The zero-order chi connectivity index (χ0) is 19.3. The van der Waals surface area contributed by atoms with Gasteiger partial charge in [-0.25, -0.2) is 8.42 Å². The summed E-state index contributed by atoms with van der Waals surface area (Å²) in [5, 5.41) is 9.46. The number of aromatic nitrogens is 4. The summed E-state index contributed by atoms with van der Waals surface area (Å²) in [7, 11) is -1.60. The van der Waals surface area contributed by atoms with Crippen LogP contribution in [-0.2, 0) is 21.0 Å². The third-order valence-electron chi connectivity index (χ3n) is 3.90. The van der Waals surface area contributed by atoms with Crippen LogP contribution in [0.15, 0.2) is 18.2 Å². The van der Waals surface area contributed by atoms with Crippen LogP contribution >= 0.6 is 11.6 Å². The first kappa shape index (κ1) is 18.7. The van der Waals surface area contributed by atoms with Crippen molar-refractivity contribution < 1.29 is 13.2 Å². The van der Waals surface area contributed by atoms with Crippen LogP contribution in [0, 0.1) is 0 Å². The van der Waals surface area contributed by atoms with Gasteiger partial charge in [-0.15, -0.1) is 9.73 Å². The summed E-state index contributed by atoms with van der Waals surface area (Å²) >= 11 is 6.46. The third-order valence-corrected chi connectivity index (χ3v) is 5.12. The van der Waals surface area contributed by atoms with E-state index in [9.17, 15) is 8.42 Å². The molecule has 0 saturated heterocycles. The highest BCUT2D eigenvalue weighted by atomic mass is 35.5. The number of rotatable bonds is 4. The molecule has 0 fully saturated rings. The summed E-state index contributed by atoms with van der Waals surface area (Å²) in [4.78, 5) is 3.17. The van der Waals surface area contributed by atoms with Crippen LogP contribution in [0.25, 0.3) is 17.0 Å². The Morgan fingerprint density at radius 3 is 2.50 bits per heavy atom. The van der Waals surface area contributed by atoms with E-state index in [0.717, 1.165) is 5.69 Å². The molecule has 0 saturated carbocycles. The standard InChI is InChI=1S/C17H21ClN4O3S/c1-17(2,3)14-13(18)16-19-15(21-22(16)20-14)11-7-6-10(8-12(11)25-4)9-26(5,23)24/h6-8H,9H2,1-5H3,(H,19,21). The fraction of sp³-hybridized carbons (Fsp3) is 0.412. The van der Waals surface area contributed by atoms with Crippen LogP contribution in [0.3, 0.4) is 0 Å². The average molecular weight is 397 g/mol. The predicted octanol–water partition coefficient (Wildman–Crippen LogP) is 3.23. The van der Waals surface area contributed by atoms with E-state index in [1.807, 2.05) is 20.8 Å². The summed E-state index contributed by atoms with van der Waals surface area (Å²) in [6.45, 7) is 6.10. The van der Waals surface area contributed by atoms with Gasteiger partial charge in [0.25, 0.3) is 0 Å². The van der Waals surface area contributed by atoms with Crippen LogP contribution in [0.4, 0.5) is 0 Å². The number of benzene rings is 1. The summed E-state index contributed by atoms with van der Waals surface area (Å²) < 4.78 is 29.9. The van der Waals surface area contributed by atoms with E-state index >= 15 is 0 Å². The van der Waals surface area contributed by atoms with Crippen molar-refractivity contribution >= 4 is 27.1 Å². The molecule has 0 atom stereocenters. The van der Waals surface area contributed by atoms with Crippen LogP contribution in [0.2, 0.25) is 5.02 Å². The molecule has 3 rings (SSSR count).